The molecular formula is C27H23F2N3O4. The van der Waals surface area contributed by atoms with Crippen molar-refractivity contribution >= 4 is 28.2 Å². The molecule has 36 heavy (non-hydrogen) atoms. The van der Waals surface area contributed by atoms with E-state index < -0.39 is 11.2 Å². The third kappa shape index (κ3) is 4.72. The fourth-order valence-electron chi connectivity index (χ4n) is 3.91. The molecule has 0 unspecified atom stereocenters. The summed E-state index contributed by atoms with van der Waals surface area (Å²) in [7, 11) is 1.43. The number of nitrogens with zero attached hydrogens (tertiary/aromatic N) is 1. The number of phenols is 1. The first-order chi connectivity index (χ1) is 17.4. The van der Waals surface area contributed by atoms with Crippen LogP contribution in [0.1, 0.15) is 12.8 Å². The van der Waals surface area contributed by atoms with Gasteiger partial charge in [0.2, 0.25) is 5.91 Å². The molecule has 1 aliphatic rings. The topological polar surface area (TPSA) is 92.7 Å². The quantitative estimate of drug-likeness (QED) is 0.286. The minimum atomic E-state index is -0.655. The van der Waals surface area contributed by atoms with Crippen molar-refractivity contribution in [2.45, 2.75) is 12.8 Å². The van der Waals surface area contributed by atoms with E-state index in [1.807, 2.05) is 0 Å². The zero-order chi connectivity index (χ0) is 25.3. The number of phenolic OH excluding ortho intramolecular Hbond substituents is 1. The molecule has 5 rings (SSSR count). The fourth-order valence-corrected chi connectivity index (χ4v) is 3.91. The smallest absolute Gasteiger partial charge is 0.232 e. The van der Waals surface area contributed by atoms with Gasteiger partial charge in [-0.2, -0.15) is 0 Å². The molecule has 1 aliphatic carbocycles. The molecule has 9 heteroatoms. The molecule has 3 aromatic carbocycles. The predicted molar refractivity (Wildman–Crippen MR) is 132 cm³/mol. The Hall–Kier alpha value is -4.40. The summed E-state index contributed by atoms with van der Waals surface area (Å²) in [5, 5.41) is 16.5. The first-order valence-electron chi connectivity index (χ1n) is 11.3. The normalized spacial score (nSPS) is 13.8. The second-order valence-corrected chi connectivity index (χ2v) is 8.69. The molecule has 0 radical (unpaired) electrons. The highest BCUT2D eigenvalue weighted by Gasteiger charge is 2.49. The summed E-state index contributed by atoms with van der Waals surface area (Å²) in [4.78, 5) is 17.1. The Balaban J connectivity index is 1.28. The summed E-state index contributed by atoms with van der Waals surface area (Å²) < 4.78 is 38.9. The monoisotopic (exact) mass is 491 g/mol. The number of pyridine rings is 1. The van der Waals surface area contributed by atoms with Crippen molar-refractivity contribution < 1.29 is 28.2 Å². The van der Waals surface area contributed by atoms with Crippen LogP contribution in [-0.2, 0) is 4.79 Å². The molecule has 4 aromatic rings. The molecule has 1 heterocycles. The second-order valence-electron chi connectivity index (χ2n) is 8.69. The van der Waals surface area contributed by atoms with Gasteiger partial charge < -0.3 is 25.2 Å². The zero-order valence-electron chi connectivity index (χ0n) is 19.3. The van der Waals surface area contributed by atoms with Crippen LogP contribution < -0.4 is 20.1 Å². The largest absolute Gasteiger partial charge is 0.504 e. The van der Waals surface area contributed by atoms with E-state index in [9.17, 15) is 18.7 Å². The van der Waals surface area contributed by atoms with Gasteiger partial charge in [0, 0.05) is 41.6 Å². The van der Waals surface area contributed by atoms with Gasteiger partial charge >= 0.3 is 0 Å². The molecule has 0 aliphatic heterocycles. The maximum absolute atomic E-state index is 14.9. The number of fused-ring (bicyclic) bond motifs is 1. The highest BCUT2D eigenvalue weighted by atomic mass is 19.1. The maximum Gasteiger partial charge on any atom is 0.232 e. The molecule has 184 valence electrons. The Morgan fingerprint density at radius 1 is 1.00 bits per heavy atom. The first-order valence-corrected chi connectivity index (χ1v) is 11.3. The van der Waals surface area contributed by atoms with E-state index >= 15 is 0 Å². The van der Waals surface area contributed by atoms with Gasteiger partial charge in [-0.25, -0.2) is 8.78 Å². The lowest BCUT2D eigenvalue weighted by Crippen LogP contribution is -2.30. The lowest BCUT2D eigenvalue weighted by atomic mass is 10.1. The number of carbonyl (C=O) groups is 1. The van der Waals surface area contributed by atoms with Crippen LogP contribution in [0.15, 0.2) is 66.9 Å². The average Bonchev–Trinajstić information content (AvgIpc) is 3.66. The van der Waals surface area contributed by atoms with Crippen LogP contribution >= 0.6 is 0 Å². The zero-order valence-corrected chi connectivity index (χ0v) is 19.3. The van der Waals surface area contributed by atoms with Gasteiger partial charge in [0.25, 0.3) is 0 Å². The Labute approximate surface area is 205 Å². The Morgan fingerprint density at radius 3 is 2.44 bits per heavy atom. The maximum atomic E-state index is 14.9. The van der Waals surface area contributed by atoms with Gasteiger partial charge in [-0.05, 0) is 61.4 Å². The Bertz CT molecular complexity index is 1440. The predicted octanol–water partition coefficient (Wildman–Crippen LogP) is 5.85. The number of methoxy groups -OCH3 is 1. The number of ether oxygens (including phenoxy) is 2. The van der Waals surface area contributed by atoms with Gasteiger partial charge in [0.1, 0.15) is 11.6 Å². The number of aromatic nitrogens is 1. The van der Waals surface area contributed by atoms with E-state index in [1.165, 1.54) is 43.6 Å². The number of aromatic hydroxyl groups is 1. The molecule has 1 saturated carbocycles. The van der Waals surface area contributed by atoms with Crippen LogP contribution in [0.3, 0.4) is 0 Å². The van der Waals surface area contributed by atoms with E-state index in [0.29, 0.717) is 41.7 Å². The fraction of sp³-hybridized carbons (Fsp3) is 0.185. The van der Waals surface area contributed by atoms with Crippen molar-refractivity contribution in [3.63, 3.8) is 0 Å². The van der Waals surface area contributed by atoms with E-state index in [4.69, 9.17) is 9.47 Å². The van der Waals surface area contributed by atoms with Crippen molar-refractivity contribution in [1.82, 2.24) is 4.98 Å². The van der Waals surface area contributed by atoms with Crippen molar-refractivity contribution in [3.05, 3.63) is 78.5 Å². The summed E-state index contributed by atoms with van der Waals surface area (Å²) >= 11 is 0. The van der Waals surface area contributed by atoms with Crippen LogP contribution in [-0.4, -0.2) is 29.7 Å². The summed E-state index contributed by atoms with van der Waals surface area (Å²) in [5.41, 5.74) is 0.892. The van der Waals surface area contributed by atoms with Crippen LogP contribution in [0, 0.1) is 17.0 Å². The SMILES string of the molecule is COc1cc2c(Oc3ccc(NC(=O)C4(CNc5ccc(F)cc5)CC4)cc3F)ccnc2cc1O. The summed E-state index contributed by atoms with van der Waals surface area (Å²) in [6.45, 7) is 0.391. The van der Waals surface area contributed by atoms with Crippen LogP contribution in [0.4, 0.5) is 20.2 Å². The third-order valence-electron chi connectivity index (χ3n) is 6.22. The summed E-state index contributed by atoms with van der Waals surface area (Å²) in [6, 6.07) is 14.7. The van der Waals surface area contributed by atoms with Crippen molar-refractivity contribution in [1.29, 1.82) is 0 Å². The minimum absolute atomic E-state index is 0.0355. The van der Waals surface area contributed by atoms with Gasteiger partial charge in [0.05, 0.1) is 18.0 Å². The van der Waals surface area contributed by atoms with Crippen molar-refractivity contribution in [2.24, 2.45) is 5.41 Å². The Morgan fingerprint density at radius 2 is 1.75 bits per heavy atom. The average molecular weight is 491 g/mol. The van der Waals surface area contributed by atoms with Gasteiger partial charge in [-0.15, -0.1) is 0 Å². The van der Waals surface area contributed by atoms with Gasteiger partial charge in [-0.3, -0.25) is 9.78 Å². The number of hydrogen-bond donors (Lipinski definition) is 3. The molecule has 0 saturated heterocycles. The molecule has 1 aromatic heterocycles. The van der Waals surface area contributed by atoms with Crippen LogP contribution in [0.2, 0.25) is 0 Å². The number of halogens is 2. The summed E-state index contributed by atoms with van der Waals surface area (Å²) in [5.74, 6) is -0.728. The highest BCUT2D eigenvalue weighted by Crippen LogP contribution is 2.47. The van der Waals surface area contributed by atoms with Crippen LogP contribution in [0.25, 0.3) is 10.9 Å². The standard InChI is InChI=1S/C27H23F2N3O4/c1-35-25-13-19-21(14-22(25)33)30-11-8-23(19)36-24-7-6-18(12-20(24)29)32-26(34)27(9-10-27)15-31-17-4-2-16(28)3-5-17/h2-8,11-14,31,33H,9-10,15H2,1H3,(H,32,34). The molecular weight excluding hydrogens is 468 g/mol. The molecule has 1 amide bonds. The van der Waals surface area contributed by atoms with Crippen molar-refractivity contribution in [3.8, 4) is 23.0 Å². The number of rotatable bonds is 8. The van der Waals surface area contributed by atoms with Crippen molar-refractivity contribution in [2.75, 3.05) is 24.3 Å². The number of anilines is 2. The molecule has 7 nitrogen and oxygen atoms in total. The van der Waals surface area contributed by atoms with E-state index in [2.05, 4.69) is 15.6 Å². The second kappa shape index (κ2) is 9.33. The van der Waals surface area contributed by atoms with E-state index in [-0.39, 0.29) is 29.0 Å². The molecule has 0 spiro atoms. The molecule has 1 fully saturated rings. The Kier molecular flexibility index (Phi) is 6.05. The van der Waals surface area contributed by atoms with E-state index in [0.717, 1.165) is 5.69 Å². The number of carbonyl (C=O) groups excluding carboxylic acids is 1. The number of nitrogens with one attached hydrogen (secondary N) is 2. The minimum Gasteiger partial charge on any atom is -0.504 e. The molecule has 3 N–H and O–H groups in total. The van der Waals surface area contributed by atoms with E-state index in [1.54, 1.807) is 30.3 Å². The molecule has 0 atom stereocenters. The lowest BCUT2D eigenvalue weighted by molar-refractivity contribution is -0.120. The van der Waals surface area contributed by atoms with Crippen LogP contribution in [0.5, 0.6) is 23.0 Å². The van der Waals surface area contributed by atoms with Gasteiger partial charge in [0.15, 0.2) is 23.1 Å². The number of hydrogen-bond acceptors (Lipinski definition) is 6. The third-order valence-corrected chi connectivity index (χ3v) is 6.22. The number of amides is 1. The molecule has 0 bridgehead atoms. The first kappa shape index (κ1) is 23.3. The van der Waals surface area contributed by atoms with Gasteiger partial charge in [-0.1, -0.05) is 0 Å². The number of benzene rings is 3. The lowest BCUT2D eigenvalue weighted by Gasteiger charge is -2.17. The summed E-state index contributed by atoms with van der Waals surface area (Å²) in [6.07, 6.45) is 2.89. The highest BCUT2D eigenvalue weighted by molar-refractivity contribution is 5.97.